The van der Waals surface area contributed by atoms with E-state index in [1.54, 1.807) is 23.4 Å². The van der Waals surface area contributed by atoms with E-state index in [1.165, 1.54) is 0 Å². The van der Waals surface area contributed by atoms with Crippen LogP contribution in [0.4, 0.5) is 0 Å². The first-order chi connectivity index (χ1) is 13.4. The standard InChI is InChI=1S/C21H28BrN5O2/c1-20(2,3)17(24)19(29)27-10-13-15(21(13,4)5)16(27)18(28)26-14(7-23)11-6-12(22)9-25-8-11/h6,8-9,13-17H,10,24H2,1-5H3,(H,26,28)/t13-,14?,15-,16-,17?/m0/s1. The normalized spacial score (nSPS) is 26.8. The summed E-state index contributed by atoms with van der Waals surface area (Å²) < 4.78 is 0.724. The van der Waals surface area contributed by atoms with Crippen molar-refractivity contribution < 1.29 is 9.59 Å². The van der Waals surface area contributed by atoms with Crippen molar-refractivity contribution in [1.82, 2.24) is 15.2 Å². The number of aromatic nitrogens is 1. The minimum atomic E-state index is -0.846. The van der Waals surface area contributed by atoms with Gasteiger partial charge in [0.25, 0.3) is 0 Å². The number of likely N-dealkylation sites (tertiary alicyclic amines) is 1. The Morgan fingerprint density at radius 3 is 2.62 bits per heavy atom. The van der Waals surface area contributed by atoms with Gasteiger partial charge >= 0.3 is 0 Å². The molecule has 1 aliphatic heterocycles. The maximum Gasteiger partial charge on any atom is 0.244 e. The van der Waals surface area contributed by atoms with Gasteiger partial charge in [-0.1, -0.05) is 34.6 Å². The number of carbonyl (C=O) groups is 2. The maximum atomic E-state index is 13.3. The maximum absolute atomic E-state index is 13.3. The molecule has 0 radical (unpaired) electrons. The second-order valence-corrected chi connectivity index (χ2v) is 10.7. The number of rotatable bonds is 4. The fourth-order valence-electron chi connectivity index (χ4n) is 4.37. The number of piperidine rings is 1. The number of nitrogens with two attached hydrogens (primary N) is 1. The van der Waals surface area contributed by atoms with E-state index in [4.69, 9.17) is 5.73 Å². The van der Waals surface area contributed by atoms with Crippen molar-refractivity contribution in [1.29, 1.82) is 5.26 Å². The van der Waals surface area contributed by atoms with Crippen molar-refractivity contribution in [3.05, 3.63) is 28.5 Å². The minimum Gasteiger partial charge on any atom is -0.335 e. The summed E-state index contributed by atoms with van der Waals surface area (Å²) in [6.07, 6.45) is 3.16. The lowest BCUT2D eigenvalue weighted by molar-refractivity contribution is -0.143. The van der Waals surface area contributed by atoms with Crippen LogP contribution in [-0.4, -0.2) is 40.3 Å². The molecule has 7 nitrogen and oxygen atoms in total. The molecule has 0 spiro atoms. The lowest BCUT2D eigenvalue weighted by Crippen LogP contribution is -2.57. The van der Waals surface area contributed by atoms with Gasteiger partial charge in [-0.05, 0) is 44.7 Å². The largest absolute Gasteiger partial charge is 0.335 e. The zero-order valence-electron chi connectivity index (χ0n) is 17.4. The van der Waals surface area contributed by atoms with Gasteiger partial charge in [0.05, 0.1) is 12.1 Å². The molecule has 2 fully saturated rings. The Hall–Kier alpha value is -1.98. The molecule has 2 unspecified atom stereocenters. The highest BCUT2D eigenvalue weighted by Gasteiger charge is 2.69. The second kappa shape index (κ2) is 7.37. The van der Waals surface area contributed by atoms with Crippen molar-refractivity contribution in [3.8, 4) is 6.07 Å². The van der Waals surface area contributed by atoms with Crippen LogP contribution in [0.2, 0.25) is 0 Å². The topological polar surface area (TPSA) is 112 Å². The third kappa shape index (κ3) is 3.90. The summed E-state index contributed by atoms with van der Waals surface area (Å²) >= 11 is 3.33. The third-order valence-electron chi connectivity index (χ3n) is 6.43. The number of fused-ring (bicyclic) bond motifs is 1. The van der Waals surface area contributed by atoms with Gasteiger partial charge in [0.2, 0.25) is 11.8 Å². The van der Waals surface area contributed by atoms with E-state index < -0.39 is 23.5 Å². The molecule has 1 aliphatic carbocycles. The van der Waals surface area contributed by atoms with Crippen LogP contribution in [-0.2, 0) is 9.59 Å². The molecular formula is C21H28BrN5O2. The van der Waals surface area contributed by atoms with E-state index >= 15 is 0 Å². The van der Waals surface area contributed by atoms with Crippen LogP contribution in [0.15, 0.2) is 22.9 Å². The number of hydrogen-bond donors (Lipinski definition) is 2. The fourth-order valence-corrected chi connectivity index (χ4v) is 4.75. The molecule has 8 heteroatoms. The summed E-state index contributed by atoms with van der Waals surface area (Å²) in [4.78, 5) is 32.0. The smallest absolute Gasteiger partial charge is 0.244 e. The van der Waals surface area contributed by atoms with Crippen LogP contribution in [0.5, 0.6) is 0 Å². The van der Waals surface area contributed by atoms with Crippen molar-refractivity contribution >= 4 is 27.7 Å². The Morgan fingerprint density at radius 2 is 2.07 bits per heavy atom. The van der Waals surface area contributed by atoms with Gasteiger partial charge in [0, 0.05) is 29.0 Å². The molecule has 0 aromatic carbocycles. The molecule has 156 valence electrons. The molecule has 3 rings (SSSR count). The molecular weight excluding hydrogens is 434 g/mol. The minimum absolute atomic E-state index is 0.00984. The van der Waals surface area contributed by atoms with E-state index in [1.807, 2.05) is 20.8 Å². The van der Waals surface area contributed by atoms with Crippen LogP contribution in [0.1, 0.15) is 46.2 Å². The number of hydrogen-bond acceptors (Lipinski definition) is 5. The molecule has 5 atom stereocenters. The number of amides is 2. The van der Waals surface area contributed by atoms with Crippen LogP contribution < -0.4 is 11.1 Å². The molecule has 2 amide bonds. The van der Waals surface area contributed by atoms with Crippen LogP contribution >= 0.6 is 15.9 Å². The highest BCUT2D eigenvalue weighted by molar-refractivity contribution is 9.10. The first kappa shape index (κ1) is 21.7. The molecule has 29 heavy (non-hydrogen) atoms. The number of nitrogens with zero attached hydrogens (tertiary/aromatic N) is 3. The van der Waals surface area contributed by atoms with E-state index in [0.29, 0.717) is 12.1 Å². The highest BCUT2D eigenvalue weighted by atomic mass is 79.9. The van der Waals surface area contributed by atoms with Gasteiger partial charge in [-0.2, -0.15) is 5.26 Å². The van der Waals surface area contributed by atoms with E-state index in [9.17, 15) is 14.9 Å². The van der Waals surface area contributed by atoms with Crippen molar-refractivity contribution in [2.75, 3.05) is 6.54 Å². The second-order valence-electron chi connectivity index (χ2n) is 9.74. The average Bonchev–Trinajstić information content (AvgIpc) is 2.99. The summed E-state index contributed by atoms with van der Waals surface area (Å²) in [5.41, 5.74) is 6.38. The quantitative estimate of drug-likeness (QED) is 0.714. The molecule has 0 bridgehead atoms. The molecule has 3 N–H and O–H groups in total. The molecule has 2 aliphatic rings. The lowest BCUT2D eigenvalue weighted by atomic mass is 9.86. The highest BCUT2D eigenvalue weighted by Crippen LogP contribution is 2.65. The summed E-state index contributed by atoms with van der Waals surface area (Å²) in [6, 6.07) is 1.71. The predicted molar refractivity (Wildman–Crippen MR) is 112 cm³/mol. The summed E-state index contributed by atoms with van der Waals surface area (Å²) in [7, 11) is 0. The van der Waals surface area contributed by atoms with E-state index in [-0.39, 0.29) is 29.1 Å². The van der Waals surface area contributed by atoms with Gasteiger partial charge in [-0.3, -0.25) is 14.6 Å². The molecule has 1 aromatic rings. The van der Waals surface area contributed by atoms with Crippen LogP contribution in [0.25, 0.3) is 0 Å². The first-order valence-corrected chi connectivity index (χ1v) is 10.6. The summed E-state index contributed by atoms with van der Waals surface area (Å²) in [5, 5.41) is 12.4. The van der Waals surface area contributed by atoms with Gasteiger partial charge in [-0.15, -0.1) is 0 Å². The zero-order valence-corrected chi connectivity index (χ0v) is 19.0. The first-order valence-electron chi connectivity index (χ1n) is 9.76. The molecule has 1 saturated heterocycles. The van der Waals surface area contributed by atoms with Crippen molar-refractivity contribution in [3.63, 3.8) is 0 Å². The van der Waals surface area contributed by atoms with Gasteiger partial charge in [0.15, 0.2) is 0 Å². The number of halogens is 1. The van der Waals surface area contributed by atoms with Gasteiger partial charge in [-0.25, -0.2) is 0 Å². The van der Waals surface area contributed by atoms with Crippen molar-refractivity contribution in [2.45, 2.75) is 52.7 Å². The Bertz CT molecular complexity index is 873. The molecule has 1 saturated carbocycles. The Balaban J connectivity index is 1.83. The fraction of sp³-hybridized carbons (Fsp3) is 0.619. The monoisotopic (exact) mass is 461 g/mol. The summed E-state index contributed by atoms with van der Waals surface area (Å²) in [5.74, 6) is -0.191. The van der Waals surface area contributed by atoms with Crippen molar-refractivity contribution in [2.24, 2.45) is 28.4 Å². The number of pyridine rings is 1. The van der Waals surface area contributed by atoms with E-state index in [2.05, 4.69) is 46.1 Å². The number of nitriles is 1. The summed E-state index contributed by atoms with van der Waals surface area (Å²) in [6.45, 7) is 10.5. The third-order valence-corrected chi connectivity index (χ3v) is 6.87. The van der Waals surface area contributed by atoms with Gasteiger partial charge in [0.1, 0.15) is 12.1 Å². The van der Waals surface area contributed by atoms with Crippen LogP contribution in [0, 0.1) is 34.0 Å². The Morgan fingerprint density at radius 1 is 1.41 bits per heavy atom. The average molecular weight is 462 g/mol. The Kier molecular flexibility index (Phi) is 5.52. The molecule has 2 heterocycles. The van der Waals surface area contributed by atoms with Crippen LogP contribution in [0.3, 0.4) is 0 Å². The Labute approximate surface area is 180 Å². The lowest BCUT2D eigenvalue weighted by Gasteiger charge is -2.35. The predicted octanol–water partition coefficient (Wildman–Crippen LogP) is 2.38. The zero-order chi connectivity index (χ0) is 21.7. The SMILES string of the molecule is CC(C)(C)C(N)C(=O)N1C[C@H]2[C@@H]([C@H]1C(=O)NC(C#N)c1cncc(Br)c1)C2(C)C. The van der Waals surface area contributed by atoms with Gasteiger partial charge < -0.3 is 16.0 Å². The molecule has 1 aromatic heterocycles. The van der Waals surface area contributed by atoms with E-state index in [0.717, 1.165) is 4.47 Å². The number of nitrogens with one attached hydrogen (secondary N) is 1. The number of carbonyl (C=O) groups excluding carboxylic acids is 2.